The number of thioether (sulfide) groups is 1. The predicted octanol–water partition coefficient (Wildman–Crippen LogP) is 9.60. The van der Waals surface area contributed by atoms with Gasteiger partial charge in [-0.2, -0.15) is 13.2 Å². The minimum atomic E-state index is -4.47. The van der Waals surface area contributed by atoms with E-state index in [1.165, 1.54) is 36.0 Å². The molecule has 0 aliphatic rings. The Labute approximate surface area is 242 Å². The van der Waals surface area contributed by atoms with E-state index in [2.05, 4.69) is 4.98 Å². The molecule has 0 saturated carbocycles. The van der Waals surface area contributed by atoms with Gasteiger partial charge < -0.3 is 0 Å². The monoisotopic (exact) mass is 612 g/mol. The summed E-state index contributed by atoms with van der Waals surface area (Å²) < 4.78 is 67.8. The zero-order valence-corrected chi connectivity index (χ0v) is 23.7. The number of imidazole rings is 1. The van der Waals surface area contributed by atoms with E-state index < -0.39 is 41.9 Å². The summed E-state index contributed by atoms with van der Waals surface area (Å²) in [6.07, 6.45) is -4.79. The summed E-state index contributed by atoms with van der Waals surface area (Å²) in [7, 11) is 0. The van der Waals surface area contributed by atoms with Gasteiger partial charge in [0, 0.05) is 28.8 Å². The van der Waals surface area contributed by atoms with Gasteiger partial charge in [-0.25, -0.2) is 13.8 Å². The van der Waals surface area contributed by atoms with E-state index in [0.717, 1.165) is 17.3 Å². The van der Waals surface area contributed by atoms with Crippen molar-refractivity contribution in [1.82, 2.24) is 9.55 Å². The van der Waals surface area contributed by atoms with Crippen LogP contribution in [0.5, 0.6) is 0 Å². The molecule has 0 aliphatic heterocycles. The fraction of sp³-hybridized carbons (Fsp3) is 0.241. The van der Waals surface area contributed by atoms with Crippen LogP contribution in [0, 0.1) is 11.6 Å². The number of alkyl halides is 3. The third-order valence-corrected chi connectivity index (χ3v) is 8.20. The third-order valence-electron chi connectivity index (χ3n) is 6.46. The molecule has 0 spiro atoms. The number of hydrogen-bond donors (Lipinski definition) is 0. The molecule has 3 aromatic carbocycles. The highest BCUT2D eigenvalue weighted by Crippen LogP contribution is 2.38. The highest BCUT2D eigenvalue weighted by atomic mass is 35.5. The lowest BCUT2D eigenvalue weighted by Gasteiger charge is -2.28. The first-order valence-corrected chi connectivity index (χ1v) is 13.8. The van der Waals surface area contributed by atoms with Crippen LogP contribution in [0.1, 0.15) is 53.9 Å². The summed E-state index contributed by atoms with van der Waals surface area (Å²) in [5, 5.41) is 1.31. The van der Waals surface area contributed by atoms with Crippen LogP contribution in [0.15, 0.2) is 72.0 Å². The van der Waals surface area contributed by atoms with E-state index in [1.807, 2.05) is 24.5 Å². The second-order valence-electron chi connectivity index (χ2n) is 9.62. The van der Waals surface area contributed by atoms with Crippen LogP contribution in [0.2, 0.25) is 10.0 Å². The maximum atomic E-state index is 14.9. The lowest BCUT2D eigenvalue weighted by atomic mass is 9.81. The average molecular weight is 613 g/mol. The number of halogens is 7. The molecular weight excluding hydrogens is 590 g/mol. The molecule has 0 radical (unpaired) electrons. The first-order chi connectivity index (χ1) is 18.8. The van der Waals surface area contributed by atoms with Crippen LogP contribution in [0.3, 0.4) is 0 Å². The molecule has 3 nitrogen and oxygen atoms in total. The Morgan fingerprint density at radius 3 is 2.27 bits per heavy atom. The topological polar surface area (TPSA) is 34.9 Å². The Kier molecular flexibility index (Phi) is 8.97. The first-order valence-electron chi connectivity index (χ1n) is 12.1. The van der Waals surface area contributed by atoms with E-state index in [1.54, 1.807) is 30.5 Å². The normalized spacial score (nSPS) is 12.1. The van der Waals surface area contributed by atoms with E-state index in [4.69, 9.17) is 23.2 Å². The quantitative estimate of drug-likeness (QED) is 0.107. The molecule has 0 amide bonds. The smallest absolute Gasteiger partial charge is 0.294 e. The Morgan fingerprint density at radius 2 is 1.65 bits per heavy atom. The zero-order chi connectivity index (χ0) is 29.2. The summed E-state index contributed by atoms with van der Waals surface area (Å²) >= 11 is 13.6. The number of nitrogens with zero attached hydrogens (tertiary/aromatic N) is 2. The summed E-state index contributed by atoms with van der Waals surface area (Å²) in [6, 6.07) is 14.9. The molecule has 11 heteroatoms. The Balaban J connectivity index is 1.64. The molecule has 1 aromatic heterocycles. The molecule has 0 atom stereocenters. The molecule has 0 aliphatic carbocycles. The van der Waals surface area contributed by atoms with Gasteiger partial charge in [-0.15, -0.1) is 0 Å². The maximum absolute atomic E-state index is 14.9. The lowest BCUT2D eigenvalue weighted by molar-refractivity contribution is -0.133. The highest BCUT2D eigenvalue weighted by Gasteiger charge is 2.31. The van der Waals surface area contributed by atoms with Gasteiger partial charge in [0.2, 0.25) is 0 Å². The van der Waals surface area contributed by atoms with Gasteiger partial charge in [0.1, 0.15) is 11.6 Å². The van der Waals surface area contributed by atoms with Gasteiger partial charge in [-0.1, -0.05) is 67.0 Å². The maximum Gasteiger partial charge on any atom is 0.389 e. The molecule has 0 unspecified atom stereocenters. The Hall–Kier alpha value is -2.88. The van der Waals surface area contributed by atoms with Crippen molar-refractivity contribution in [3.05, 3.63) is 111 Å². The third kappa shape index (κ3) is 6.87. The number of hydrogen-bond acceptors (Lipinski definition) is 3. The van der Waals surface area contributed by atoms with E-state index in [-0.39, 0.29) is 16.9 Å². The van der Waals surface area contributed by atoms with Crippen molar-refractivity contribution >= 4 is 40.7 Å². The number of benzene rings is 3. The van der Waals surface area contributed by atoms with Crippen molar-refractivity contribution in [3.63, 3.8) is 0 Å². The molecule has 0 N–H and O–H groups in total. The number of carbonyl (C=O) groups is 1. The molecule has 1 heterocycles. The van der Waals surface area contributed by atoms with Gasteiger partial charge >= 0.3 is 6.18 Å². The Morgan fingerprint density at radius 1 is 0.950 bits per heavy atom. The SMILES string of the molecule is CC(C)(c1ccc(Cl)c(Cl)c1)c1cnc(SCc2ccc(C(=O)CCC(F)(F)F)cc2F)n1-c1ccc(F)cc1. The Bertz CT molecular complexity index is 1530. The molecule has 4 rings (SSSR count). The molecule has 210 valence electrons. The first kappa shape index (κ1) is 30.1. The van der Waals surface area contributed by atoms with Gasteiger partial charge in [0.25, 0.3) is 0 Å². The van der Waals surface area contributed by atoms with Crippen LogP contribution in [-0.4, -0.2) is 21.5 Å². The van der Waals surface area contributed by atoms with E-state index in [0.29, 0.717) is 20.9 Å². The summed E-state index contributed by atoms with van der Waals surface area (Å²) in [5.41, 5.74) is 1.75. The predicted molar refractivity (Wildman–Crippen MR) is 148 cm³/mol. The standard InChI is InChI=1S/C29H23Cl2F5N2OS/c1-28(2,19-5-10-22(30)23(31)14-19)26-15-37-27(38(26)21-8-6-20(32)7-9-21)40-16-18-4-3-17(13-24(18)33)25(39)11-12-29(34,35)36/h3-10,13-15H,11-12,16H2,1-2H3. The lowest BCUT2D eigenvalue weighted by Crippen LogP contribution is -2.23. The van der Waals surface area contributed by atoms with Crippen molar-refractivity contribution in [2.75, 3.05) is 0 Å². The van der Waals surface area contributed by atoms with Crippen molar-refractivity contribution in [1.29, 1.82) is 0 Å². The van der Waals surface area contributed by atoms with Gasteiger partial charge in [0.05, 0.1) is 28.4 Å². The number of carbonyl (C=O) groups excluding carboxylic acids is 1. The van der Waals surface area contributed by atoms with E-state index in [9.17, 15) is 26.7 Å². The second-order valence-corrected chi connectivity index (χ2v) is 11.4. The number of Topliss-reactive ketones (excluding diaryl/α,β-unsaturated/α-hetero) is 1. The minimum Gasteiger partial charge on any atom is -0.294 e. The van der Waals surface area contributed by atoms with Crippen molar-refractivity contribution in [2.45, 2.75) is 49.2 Å². The second kappa shape index (κ2) is 11.9. The number of ketones is 1. The summed E-state index contributed by atoms with van der Waals surface area (Å²) in [6.45, 7) is 3.96. The molecular formula is C29H23Cl2F5N2OS. The van der Waals surface area contributed by atoms with Crippen molar-refractivity contribution < 1.29 is 26.7 Å². The van der Waals surface area contributed by atoms with Crippen molar-refractivity contribution in [2.24, 2.45) is 0 Å². The fourth-order valence-electron chi connectivity index (χ4n) is 4.13. The van der Waals surface area contributed by atoms with Crippen LogP contribution >= 0.6 is 35.0 Å². The molecule has 0 fully saturated rings. The van der Waals surface area contributed by atoms with Crippen LogP contribution in [-0.2, 0) is 11.2 Å². The van der Waals surface area contributed by atoms with Crippen LogP contribution < -0.4 is 0 Å². The van der Waals surface area contributed by atoms with Gasteiger partial charge in [-0.05, 0) is 53.6 Å². The zero-order valence-electron chi connectivity index (χ0n) is 21.3. The molecule has 40 heavy (non-hydrogen) atoms. The van der Waals surface area contributed by atoms with E-state index >= 15 is 0 Å². The average Bonchev–Trinajstić information content (AvgIpc) is 3.33. The number of rotatable bonds is 9. The fourth-order valence-corrected chi connectivity index (χ4v) is 5.41. The highest BCUT2D eigenvalue weighted by molar-refractivity contribution is 7.98. The molecule has 0 saturated heterocycles. The van der Waals surface area contributed by atoms with Gasteiger partial charge in [0.15, 0.2) is 10.9 Å². The van der Waals surface area contributed by atoms with Crippen molar-refractivity contribution in [3.8, 4) is 5.69 Å². The molecule has 4 aromatic rings. The van der Waals surface area contributed by atoms with Crippen LogP contribution in [0.25, 0.3) is 5.69 Å². The minimum absolute atomic E-state index is 0.117. The van der Waals surface area contributed by atoms with Crippen LogP contribution in [0.4, 0.5) is 22.0 Å². The summed E-state index contributed by atoms with van der Waals surface area (Å²) in [5.74, 6) is -1.78. The van der Waals surface area contributed by atoms with Gasteiger partial charge in [-0.3, -0.25) is 9.36 Å². The molecule has 0 bridgehead atoms. The number of aromatic nitrogens is 2. The largest absolute Gasteiger partial charge is 0.389 e. The summed E-state index contributed by atoms with van der Waals surface area (Å²) in [4.78, 5) is 16.7.